The van der Waals surface area contributed by atoms with E-state index < -0.39 is 15.9 Å². The Morgan fingerprint density at radius 2 is 1.72 bits per heavy atom. The molecule has 0 atom stereocenters. The number of piperidine rings is 1. The fourth-order valence-electron chi connectivity index (χ4n) is 3.52. The molecule has 0 spiro atoms. The van der Waals surface area contributed by atoms with Gasteiger partial charge in [0.15, 0.2) is 23.0 Å². The Labute approximate surface area is 186 Å². The lowest BCUT2D eigenvalue weighted by molar-refractivity contribution is 0.0996. The van der Waals surface area contributed by atoms with Crippen molar-refractivity contribution in [3.05, 3.63) is 66.6 Å². The molecule has 1 aliphatic heterocycles. The van der Waals surface area contributed by atoms with Crippen LogP contribution < -0.4 is 14.8 Å². The van der Waals surface area contributed by atoms with Gasteiger partial charge in [-0.1, -0.05) is 18.6 Å². The second-order valence-corrected chi connectivity index (χ2v) is 9.24. The quantitative estimate of drug-likeness (QED) is 0.562. The Kier molecular flexibility index (Phi) is 6.48. The molecule has 1 N–H and O–H groups in total. The number of benzene rings is 2. The molecule has 1 aliphatic rings. The van der Waals surface area contributed by atoms with Crippen molar-refractivity contribution in [3.63, 3.8) is 0 Å². The highest BCUT2D eigenvalue weighted by Gasteiger charge is 2.27. The number of para-hydroxylation sites is 2. The number of carbonyl (C=O) groups excluding carboxylic acids is 1. The van der Waals surface area contributed by atoms with E-state index in [0.29, 0.717) is 24.6 Å². The molecule has 9 heteroatoms. The minimum Gasteiger partial charge on any atom is -0.493 e. The van der Waals surface area contributed by atoms with Crippen molar-refractivity contribution >= 4 is 21.6 Å². The Morgan fingerprint density at radius 1 is 0.969 bits per heavy atom. The van der Waals surface area contributed by atoms with Crippen molar-refractivity contribution in [1.29, 1.82) is 0 Å². The summed E-state index contributed by atoms with van der Waals surface area (Å²) in [4.78, 5) is 12.7. The van der Waals surface area contributed by atoms with Crippen LogP contribution in [-0.2, 0) is 10.0 Å². The van der Waals surface area contributed by atoms with Gasteiger partial charge in [-0.2, -0.15) is 4.31 Å². The van der Waals surface area contributed by atoms with Gasteiger partial charge in [0, 0.05) is 13.1 Å². The highest BCUT2D eigenvalue weighted by molar-refractivity contribution is 7.89. The third-order valence-corrected chi connectivity index (χ3v) is 7.08. The lowest BCUT2D eigenvalue weighted by atomic mass is 10.2. The molecule has 2 heterocycles. The molecule has 32 heavy (non-hydrogen) atoms. The van der Waals surface area contributed by atoms with Gasteiger partial charge in [-0.05, 0) is 55.3 Å². The summed E-state index contributed by atoms with van der Waals surface area (Å²) >= 11 is 0. The number of carbonyl (C=O) groups is 1. The van der Waals surface area contributed by atoms with Crippen molar-refractivity contribution in [2.24, 2.45) is 0 Å². The summed E-state index contributed by atoms with van der Waals surface area (Å²) in [5.74, 6) is 0.771. The molecule has 0 radical (unpaired) electrons. The standard InChI is InChI=1S/C23H24N2O6S/c1-29-20-8-3-4-9-21(20)31-19-12-11-17(32(27,28)25-13-5-2-6-14-25)16-18(19)24-23(26)22-10-7-15-30-22/h3-4,7-12,15-16H,2,5-6,13-14H2,1H3,(H,24,26). The smallest absolute Gasteiger partial charge is 0.291 e. The van der Waals surface area contributed by atoms with Crippen LogP contribution in [0.2, 0.25) is 0 Å². The van der Waals surface area contributed by atoms with E-state index in [-0.39, 0.29) is 22.1 Å². The number of ether oxygens (including phenoxy) is 2. The fraction of sp³-hybridized carbons (Fsp3) is 0.261. The van der Waals surface area contributed by atoms with Crippen LogP contribution in [-0.4, -0.2) is 38.8 Å². The molecule has 1 amide bonds. The van der Waals surface area contributed by atoms with Crippen molar-refractivity contribution in [2.45, 2.75) is 24.2 Å². The maximum atomic E-state index is 13.2. The maximum absolute atomic E-state index is 13.2. The van der Waals surface area contributed by atoms with Crippen LogP contribution in [0.5, 0.6) is 17.2 Å². The minimum atomic E-state index is -3.70. The Hall–Kier alpha value is -3.30. The first-order chi connectivity index (χ1) is 15.5. The summed E-state index contributed by atoms with van der Waals surface area (Å²) in [6, 6.07) is 14.6. The van der Waals surface area contributed by atoms with E-state index in [1.54, 1.807) is 30.3 Å². The molecule has 0 bridgehead atoms. The van der Waals surface area contributed by atoms with Gasteiger partial charge in [0.25, 0.3) is 5.91 Å². The minimum absolute atomic E-state index is 0.0847. The van der Waals surface area contributed by atoms with Crippen molar-refractivity contribution < 1.29 is 27.1 Å². The molecule has 0 unspecified atom stereocenters. The molecule has 8 nitrogen and oxygen atoms in total. The zero-order chi connectivity index (χ0) is 22.6. The number of furan rings is 1. The first kappa shape index (κ1) is 21.9. The topological polar surface area (TPSA) is 98.1 Å². The number of methoxy groups -OCH3 is 1. The molecule has 2 aromatic carbocycles. The summed E-state index contributed by atoms with van der Waals surface area (Å²) in [6.07, 6.45) is 4.06. The normalized spacial score (nSPS) is 14.7. The van der Waals surface area contributed by atoms with Crippen molar-refractivity contribution in [1.82, 2.24) is 4.31 Å². The van der Waals surface area contributed by atoms with Crippen LogP contribution in [0.1, 0.15) is 29.8 Å². The van der Waals surface area contributed by atoms with E-state index in [1.165, 1.54) is 41.9 Å². The molecule has 1 saturated heterocycles. The molecular weight excluding hydrogens is 432 g/mol. The first-order valence-electron chi connectivity index (χ1n) is 10.3. The van der Waals surface area contributed by atoms with E-state index in [1.807, 2.05) is 0 Å². The van der Waals surface area contributed by atoms with Crippen LogP contribution in [0, 0.1) is 0 Å². The number of amides is 1. The predicted molar refractivity (Wildman–Crippen MR) is 119 cm³/mol. The Morgan fingerprint density at radius 3 is 2.41 bits per heavy atom. The highest BCUT2D eigenvalue weighted by atomic mass is 32.2. The van der Waals surface area contributed by atoms with Gasteiger partial charge in [-0.15, -0.1) is 0 Å². The summed E-state index contributed by atoms with van der Waals surface area (Å²) in [6.45, 7) is 0.964. The molecule has 0 saturated carbocycles. The van der Waals surface area contributed by atoms with Gasteiger partial charge < -0.3 is 19.2 Å². The average molecular weight is 457 g/mol. The Balaban J connectivity index is 1.71. The fourth-order valence-corrected chi connectivity index (χ4v) is 5.07. The van der Waals surface area contributed by atoms with E-state index in [4.69, 9.17) is 13.9 Å². The van der Waals surface area contributed by atoms with Crippen LogP contribution >= 0.6 is 0 Å². The molecular formula is C23H24N2O6S. The number of hydrogen-bond donors (Lipinski definition) is 1. The van der Waals surface area contributed by atoms with E-state index in [2.05, 4.69) is 5.32 Å². The van der Waals surface area contributed by atoms with Gasteiger partial charge >= 0.3 is 0 Å². The predicted octanol–water partition coefficient (Wildman–Crippen LogP) is 4.51. The van der Waals surface area contributed by atoms with Crippen LogP contribution in [0.15, 0.2) is 70.2 Å². The molecule has 168 valence electrons. The Bertz CT molecular complexity index is 1180. The molecule has 1 aromatic heterocycles. The van der Waals surface area contributed by atoms with Gasteiger partial charge in [-0.3, -0.25) is 4.79 Å². The SMILES string of the molecule is COc1ccccc1Oc1ccc(S(=O)(=O)N2CCCCC2)cc1NC(=O)c1ccco1. The molecule has 1 fully saturated rings. The highest BCUT2D eigenvalue weighted by Crippen LogP contribution is 2.37. The first-order valence-corrected chi connectivity index (χ1v) is 11.7. The third-order valence-electron chi connectivity index (χ3n) is 5.19. The average Bonchev–Trinajstić information content (AvgIpc) is 3.36. The number of anilines is 1. The van der Waals surface area contributed by atoms with Gasteiger partial charge in [0.1, 0.15) is 0 Å². The lowest BCUT2D eigenvalue weighted by Gasteiger charge is -2.26. The van der Waals surface area contributed by atoms with Crippen LogP contribution in [0.3, 0.4) is 0 Å². The van der Waals surface area contributed by atoms with E-state index in [0.717, 1.165) is 19.3 Å². The largest absolute Gasteiger partial charge is 0.493 e. The van der Waals surface area contributed by atoms with E-state index >= 15 is 0 Å². The summed E-state index contributed by atoms with van der Waals surface area (Å²) < 4.78 is 44.3. The van der Waals surface area contributed by atoms with Crippen molar-refractivity contribution in [3.8, 4) is 17.2 Å². The molecule has 0 aliphatic carbocycles. The zero-order valence-electron chi connectivity index (χ0n) is 17.6. The van der Waals surface area contributed by atoms with Gasteiger partial charge in [0.05, 0.1) is 24.0 Å². The van der Waals surface area contributed by atoms with Gasteiger partial charge in [0.2, 0.25) is 10.0 Å². The van der Waals surface area contributed by atoms with E-state index in [9.17, 15) is 13.2 Å². The maximum Gasteiger partial charge on any atom is 0.291 e. The van der Waals surface area contributed by atoms with Crippen LogP contribution in [0.25, 0.3) is 0 Å². The van der Waals surface area contributed by atoms with Crippen molar-refractivity contribution in [2.75, 3.05) is 25.5 Å². The second kappa shape index (κ2) is 9.46. The number of hydrogen-bond acceptors (Lipinski definition) is 6. The number of nitrogens with one attached hydrogen (secondary N) is 1. The summed E-state index contributed by atoms with van der Waals surface area (Å²) in [5.41, 5.74) is 0.204. The zero-order valence-corrected chi connectivity index (χ0v) is 18.4. The lowest BCUT2D eigenvalue weighted by Crippen LogP contribution is -2.35. The molecule has 4 rings (SSSR count). The van der Waals surface area contributed by atoms with Crippen LogP contribution in [0.4, 0.5) is 5.69 Å². The number of rotatable bonds is 7. The number of nitrogens with zero attached hydrogens (tertiary/aromatic N) is 1. The summed E-state index contributed by atoms with van der Waals surface area (Å²) in [5, 5.41) is 2.70. The third kappa shape index (κ3) is 4.63. The second-order valence-electron chi connectivity index (χ2n) is 7.31. The number of sulfonamides is 1. The summed E-state index contributed by atoms with van der Waals surface area (Å²) in [7, 11) is -2.17. The molecule has 3 aromatic rings. The monoisotopic (exact) mass is 456 g/mol. The van der Waals surface area contributed by atoms with Gasteiger partial charge in [-0.25, -0.2) is 8.42 Å².